The van der Waals surface area contributed by atoms with Gasteiger partial charge in [0.2, 0.25) is 0 Å². The summed E-state index contributed by atoms with van der Waals surface area (Å²) < 4.78 is 0. The molecule has 2 fully saturated rings. The molecule has 21 heavy (non-hydrogen) atoms. The highest BCUT2D eigenvalue weighted by molar-refractivity contribution is 7.10. The standard InChI is InChI=1S/C17H28N2OS/c1-14-4-10-19(11-5-14)15-6-8-18(9-7-15)13-16(20)17-3-2-12-21-17/h2-3,12,14-16,20H,4-11,13H2,1H3/t16-/m1/s1. The third kappa shape index (κ3) is 4.07. The van der Waals surface area contributed by atoms with E-state index in [-0.39, 0.29) is 6.10 Å². The monoisotopic (exact) mass is 308 g/mol. The van der Waals surface area contributed by atoms with E-state index in [0.29, 0.717) is 0 Å². The molecule has 1 N–H and O–H groups in total. The number of hydrogen-bond donors (Lipinski definition) is 1. The zero-order valence-corrected chi connectivity index (χ0v) is 13.9. The molecule has 0 bridgehead atoms. The van der Waals surface area contributed by atoms with Crippen LogP contribution in [0.3, 0.4) is 0 Å². The first kappa shape index (κ1) is 15.5. The van der Waals surface area contributed by atoms with Crippen molar-refractivity contribution >= 4 is 11.3 Å². The molecule has 1 atom stereocenters. The molecule has 4 heteroatoms. The number of likely N-dealkylation sites (tertiary alicyclic amines) is 2. The Balaban J connectivity index is 1.43. The molecule has 1 aromatic heterocycles. The molecule has 0 spiro atoms. The van der Waals surface area contributed by atoms with E-state index in [2.05, 4.69) is 16.7 Å². The van der Waals surface area contributed by atoms with Crippen LogP contribution in [0.2, 0.25) is 0 Å². The molecular formula is C17H28N2OS. The van der Waals surface area contributed by atoms with Gasteiger partial charge in [-0.25, -0.2) is 0 Å². The molecule has 1 aromatic rings. The predicted octanol–water partition coefficient (Wildman–Crippen LogP) is 2.98. The Kier molecular flexibility index (Phi) is 5.33. The molecule has 2 aliphatic heterocycles. The number of hydrogen-bond acceptors (Lipinski definition) is 4. The smallest absolute Gasteiger partial charge is 0.101 e. The molecule has 3 heterocycles. The van der Waals surface area contributed by atoms with E-state index in [1.54, 1.807) is 11.3 Å². The lowest BCUT2D eigenvalue weighted by Crippen LogP contribution is -2.48. The highest BCUT2D eigenvalue weighted by Gasteiger charge is 2.27. The molecule has 0 radical (unpaired) electrons. The molecule has 0 amide bonds. The molecule has 3 rings (SSSR count). The van der Waals surface area contributed by atoms with Crippen molar-refractivity contribution in [1.82, 2.24) is 9.80 Å². The first-order valence-electron chi connectivity index (χ1n) is 8.40. The summed E-state index contributed by atoms with van der Waals surface area (Å²) in [5.41, 5.74) is 0. The fourth-order valence-corrected chi connectivity index (χ4v) is 4.38. The molecule has 0 unspecified atom stereocenters. The third-order valence-corrected chi connectivity index (χ3v) is 6.17. The van der Waals surface area contributed by atoms with E-state index < -0.39 is 0 Å². The highest BCUT2D eigenvalue weighted by Crippen LogP contribution is 2.25. The van der Waals surface area contributed by atoms with Crippen LogP contribution in [-0.4, -0.2) is 53.7 Å². The minimum atomic E-state index is -0.308. The normalized spacial score (nSPS) is 25.2. The summed E-state index contributed by atoms with van der Waals surface area (Å²) in [5, 5.41) is 12.3. The van der Waals surface area contributed by atoms with Crippen LogP contribution in [0.1, 0.15) is 43.6 Å². The molecular weight excluding hydrogens is 280 g/mol. The largest absolute Gasteiger partial charge is 0.386 e. The Bertz CT molecular complexity index is 406. The Labute approximate surface area is 132 Å². The zero-order valence-electron chi connectivity index (χ0n) is 13.1. The van der Waals surface area contributed by atoms with Gasteiger partial charge >= 0.3 is 0 Å². The molecule has 2 saturated heterocycles. The van der Waals surface area contributed by atoms with Crippen molar-refractivity contribution < 1.29 is 5.11 Å². The van der Waals surface area contributed by atoms with Crippen LogP contribution in [0.15, 0.2) is 17.5 Å². The molecule has 0 aromatic carbocycles. The van der Waals surface area contributed by atoms with Crippen LogP contribution in [0.25, 0.3) is 0 Å². The van der Waals surface area contributed by atoms with Gasteiger partial charge in [-0.05, 0) is 69.2 Å². The number of β-amino-alcohol motifs (C(OH)–C–C–N with tert-alkyl or cyclic N) is 1. The molecule has 0 saturated carbocycles. The van der Waals surface area contributed by atoms with Crippen LogP contribution < -0.4 is 0 Å². The lowest BCUT2D eigenvalue weighted by atomic mass is 9.95. The zero-order chi connectivity index (χ0) is 14.7. The Morgan fingerprint density at radius 2 is 1.90 bits per heavy atom. The number of aliphatic hydroxyl groups is 1. The third-order valence-electron chi connectivity index (χ3n) is 5.19. The number of aliphatic hydroxyl groups excluding tert-OH is 1. The van der Waals surface area contributed by atoms with E-state index in [4.69, 9.17) is 0 Å². The second kappa shape index (κ2) is 7.23. The van der Waals surface area contributed by atoms with Crippen LogP contribution in [0, 0.1) is 5.92 Å². The van der Waals surface area contributed by atoms with Gasteiger partial charge in [0.25, 0.3) is 0 Å². The highest BCUT2D eigenvalue weighted by atomic mass is 32.1. The summed E-state index contributed by atoms with van der Waals surface area (Å²) >= 11 is 1.66. The lowest BCUT2D eigenvalue weighted by molar-refractivity contribution is 0.0551. The number of piperidine rings is 2. The van der Waals surface area contributed by atoms with Crippen molar-refractivity contribution in [2.24, 2.45) is 5.92 Å². The van der Waals surface area contributed by atoms with Crippen molar-refractivity contribution in [2.75, 3.05) is 32.7 Å². The number of thiophene rings is 1. The maximum atomic E-state index is 10.3. The van der Waals surface area contributed by atoms with Gasteiger partial charge in [0.15, 0.2) is 0 Å². The van der Waals surface area contributed by atoms with Crippen molar-refractivity contribution in [3.8, 4) is 0 Å². The van der Waals surface area contributed by atoms with Crippen LogP contribution in [0.5, 0.6) is 0 Å². The van der Waals surface area contributed by atoms with Crippen molar-refractivity contribution in [2.45, 2.75) is 44.8 Å². The van der Waals surface area contributed by atoms with Gasteiger partial charge in [0.1, 0.15) is 6.10 Å². The predicted molar refractivity (Wildman–Crippen MR) is 88.7 cm³/mol. The van der Waals surface area contributed by atoms with Gasteiger partial charge < -0.3 is 14.9 Å². The first-order valence-corrected chi connectivity index (χ1v) is 9.28. The van der Waals surface area contributed by atoms with E-state index >= 15 is 0 Å². The number of nitrogens with zero attached hydrogens (tertiary/aromatic N) is 2. The first-order chi connectivity index (χ1) is 10.2. The van der Waals surface area contributed by atoms with Gasteiger partial charge in [-0.2, -0.15) is 0 Å². The summed E-state index contributed by atoms with van der Waals surface area (Å²) in [5.74, 6) is 0.919. The minimum absolute atomic E-state index is 0.308. The maximum Gasteiger partial charge on any atom is 0.101 e. The van der Waals surface area contributed by atoms with Gasteiger partial charge in [0, 0.05) is 17.5 Å². The van der Waals surface area contributed by atoms with Gasteiger partial charge in [-0.3, -0.25) is 0 Å². The van der Waals surface area contributed by atoms with Gasteiger partial charge in [-0.1, -0.05) is 13.0 Å². The fourth-order valence-electron chi connectivity index (χ4n) is 3.68. The second-order valence-electron chi connectivity index (χ2n) is 6.78. The topological polar surface area (TPSA) is 26.7 Å². The van der Waals surface area contributed by atoms with E-state index in [1.807, 2.05) is 17.5 Å². The van der Waals surface area contributed by atoms with Crippen molar-refractivity contribution in [1.29, 1.82) is 0 Å². The summed E-state index contributed by atoms with van der Waals surface area (Å²) in [6.45, 7) is 8.04. The minimum Gasteiger partial charge on any atom is -0.386 e. The van der Waals surface area contributed by atoms with Crippen LogP contribution in [0.4, 0.5) is 0 Å². The average molecular weight is 308 g/mol. The van der Waals surface area contributed by atoms with E-state index in [9.17, 15) is 5.11 Å². The van der Waals surface area contributed by atoms with Gasteiger partial charge in [-0.15, -0.1) is 11.3 Å². The lowest BCUT2D eigenvalue weighted by Gasteiger charge is -2.41. The van der Waals surface area contributed by atoms with Crippen LogP contribution >= 0.6 is 11.3 Å². The summed E-state index contributed by atoms with van der Waals surface area (Å²) in [6.07, 6.45) is 4.98. The van der Waals surface area contributed by atoms with E-state index in [1.165, 1.54) is 38.8 Å². The molecule has 118 valence electrons. The summed E-state index contributed by atoms with van der Waals surface area (Å²) in [7, 11) is 0. The Morgan fingerprint density at radius 1 is 1.19 bits per heavy atom. The summed E-state index contributed by atoms with van der Waals surface area (Å²) in [4.78, 5) is 6.25. The second-order valence-corrected chi connectivity index (χ2v) is 7.76. The number of rotatable bonds is 4. The van der Waals surface area contributed by atoms with Crippen molar-refractivity contribution in [3.63, 3.8) is 0 Å². The fraction of sp³-hybridized carbons (Fsp3) is 0.765. The quantitative estimate of drug-likeness (QED) is 0.926. The van der Waals surface area contributed by atoms with E-state index in [0.717, 1.165) is 36.5 Å². The Morgan fingerprint density at radius 3 is 2.52 bits per heavy atom. The SMILES string of the molecule is CC1CCN(C2CCN(C[C@@H](O)c3cccs3)CC2)CC1. The molecule has 0 aliphatic carbocycles. The Hall–Kier alpha value is -0.420. The molecule has 2 aliphatic rings. The van der Waals surface area contributed by atoms with Gasteiger partial charge in [0.05, 0.1) is 0 Å². The van der Waals surface area contributed by atoms with Crippen LogP contribution in [-0.2, 0) is 0 Å². The summed E-state index contributed by atoms with van der Waals surface area (Å²) in [6, 6.07) is 4.84. The maximum absolute atomic E-state index is 10.3. The molecule has 3 nitrogen and oxygen atoms in total. The van der Waals surface area contributed by atoms with Crippen molar-refractivity contribution in [3.05, 3.63) is 22.4 Å². The average Bonchev–Trinajstić information content (AvgIpc) is 3.03.